The van der Waals surface area contributed by atoms with Crippen molar-refractivity contribution in [2.45, 2.75) is 37.8 Å². The van der Waals surface area contributed by atoms with Crippen LogP contribution in [-0.2, 0) is 14.3 Å². The van der Waals surface area contributed by atoms with Crippen LogP contribution in [0.25, 0.3) is 0 Å². The van der Waals surface area contributed by atoms with Crippen LogP contribution in [0, 0.1) is 0 Å². The fraction of sp³-hybridized carbons (Fsp3) is 0.421. The summed E-state index contributed by atoms with van der Waals surface area (Å²) < 4.78 is 5.16. The second-order valence-corrected chi connectivity index (χ2v) is 7.38. The summed E-state index contributed by atoms with van der Waals surface area (Å²) >= 11 is 6.26. The average Bonchev–Trinajstić information content (AvgIpc) is 3.28. The number of urea groups is 1. The van der Waals surface area contributed by atoms with Gasteiger partial charge in [-0.15, -0.1) is 0 Å². The number of carbonyl (C=O) groups is 3. The number of nitrogens with one attached hydrogen (secondary N) is 2. The Balaban J connectivity index is 1.60. The summed E-state index contributed by atoms with van der Waals surface area (Å²) in [4.78, 5) is 38.7. The van der Waals surface area contributed by atoms with E-state index in [1.165, 1.54) is 4.90 Å². The molecule has 2 aliphatic heterocycles. The highest BCUT2D eigenvalue weighted by atomic mass is 35.5. The van der Waals surface area contributed by atoms with Crippen LogP contribution in [0.5, 0.6) is 0 Å². The maximum absolute atomic E-state index is 12.7. The molecule has 2 N–H and O–H groups in total. The molecule has 0 unspecified atom stereocenters. The van der Waals surface area contributed by atoms with Crippen LogP contribution in [0.15, 0.2) is 35.5 Å². The third kappa shape index (κ3) is 3.39. The smallest absolute Gasteiger partial charge is 0.338 e. The van der Waals surface area contributed by atoms with Crippen LogP contribution in [-0.4, -0.2) is 42.0 Å². The van der Waals surface area contributed by atoms with Gasteiger partial charge >= 0.3 is 12.0 Å². The van der Waals surface area contributed by atoms with E-state index in [2.05, 4.69) is 10.6 Å². The van der Waals surface area contributed by atoms with E-state index in [1.807, 2.05) is 0 Å². The van der Waals surface area contributed by atoms with Crippen molar-refractivity contribution in [3.8, 4) is 0 Å². The molecule has 2 heterocycles. The van der Waals surface area contributed by atoms with E-state index < -0.39 is 18.0 Å². The number of esters is 1. The quantitative estimate of drug-likeness (QED) is 0.773. The van der Waals surface area contributed by atoms with Crippen molar-refractivity contribution in [2.24, 2.45) is 0 Å². The maximum Gasteiger partial charge on any atom is 0.338 e. The molecule has 1 atom stereocenters. The summed E-state index contributed by atoms with van der Waals surface area (Å²) in [6.07, 6.45) is 4.13. The first-order chi connectivity index (χ1) is 13.0. The Morgan fingerprint density at radius 1 is 1.26 bits per heavy atom. The zero-order valence-electron chi connectivity index (χ0n) is 14.7. The fourth-order valence-electron chi connectivity index (χ4n) is 3.91. The van der Waals surface area contributed by atoms with Crippen molar-refractivity contribution >= 4 is 29.5 Å². The molecule has 142 valence electrons. The number of hydrogen-bond acceptors (Lipinski definition) is 4. The molecule has 27 heavy (non-hydrogen) atoms. The van der Waals surface area contributed by atoms with Gasteiger partial charge in [-0.1, -0.05) is 42.6 Å². The lowest BCUT2D eigenvalue weighted by molar-refractivity contribution is -0.136. The largest absolute Gasteiger partial charge is 0.456 e. The molecule has 7 nitrogen and oxygen atoms in total. The average molecular weight is 390 g/mol. The SMILES string of the molecule is O=C(CN1C(=O)N[C@H](c2ccccc2Cl)C2=C1COC2=O)NC1CCCC1. The van der Waals surface area contributed by atoms with Gasteiger partial charge in [0.25, 0.3) is 0 Å². The van der Waals surface area contributed by atoms with Crippen LogP contribution in [0.2, 0.25) is 5.02 Å². The molecule has 0 spiro atoms. The van der Waals surface area contributed by atoms with Crippen LogP contribution in [0.1, 0.15) is 37.3 Å². The molecule has 1 aromatic carbocycles. The van der Waals surface area contributed by atoms with Gasteiger partial charge in [0, 0.05) is 11.1 Å². The Labute approximate surface area is 161 Å². The lowest BCUT2D eigenvalue weighted by atomic mass is 9.95. The second-order valence-electron chi connectivity index (χ2n) is 6.98. The van der Waals surface area contributed by atoms with Crippen LogP contribution < -0.4 is 10.6 Å². The van der Waals surface area contributed by atoms with Gasteiger partial charge in [0.05, 0.1) is 17.3 Å². The van der Waals surface area contributed by atoms with Crippen molar-refractivity contribution in [3.63, 3.8) is 0 Å². The number of rotatable bonds is 4. The Morgan fingerprint density at radius 3 is 2.74 bits per heavy atom. The van der Waals surface area contributed by atoms with Crippen LogP contribution >= 0.6 is 11.6 Å². The predicted molar refractivity (Wildman–Crippen MR) is 97.8 cm³/mol. The molecule has 0 radical (unpaired) electrons. The van der Waals surface area contributed by atoms with Gasteiger partial charge in [0.2, 0.25) is 5.91 Å². The Hall–Kier alpha value is -2.54. The van der Waals surface area contributed by atoms with Gasteiger partial charge in [0.15, 0.2) is 0 Å². The van der Waals surface area contributed by atoms with E-state index in [4.69, 9.17) is 16.3 Å². The molecule has 0 saturated heterocycles. The molecular formula is C19H20ClN3O4. The number of ether oxygens (including phenoxy) is 1. The summed E-state index contributed by atoms with van der Waals surface area (Å²) in [5.41, 5.74) is 1.38. The zero-order valence-corrected chi connectivity index (χ0v) is 15.4. The van der Waals surface area contributed by atoms with Crippen molar-refractivity contribution in [1.82, 2.24) is 15.5 Å². The molecule has 8 heteroatoms. The highest BCUT2D eigenvalue weighted by Crippen LogP contribution is 2.37. The first-order valence-corrected chi connectivity index (χ1v) is 9.44. The van der Waals surface area contributed by atoms with E-state index in [0.29, 0.717) is 21.9 Å². The minimum Gasteiger partial charge on any atom is -0.456 e. The maximum atomic E-state index is 12.7. The summed E-state index contributed by atoms with van der Waals surface area (Å²) in [7, 11) is 0. The van der Waals surface area contributed by atoms with Crippen molar-refractivity contribution in [2.75, 3.05) is 13.2 Å². The number of carbonyl (C=O) groups excluding carboxylic acids is 3. The molecular weight excluding hydrogens is 370 g/mol. The van der Waals surface area contributed by atoms with Crippen molar-refractivity contribution < 1.29 is 19.1 Å². The fourth-order valence-corrected chi connectivity index (χ4v) is 4.15. The Kier molecular flexibility index (Phi) is 4.78. The lowest BCUT2D eigenvalue weighted by Crippen LogP contribution is -2.51. The number of hydrogen-bond donors (Lipinski definition) is 2. The van der Waals surface area contributed by atoms with Gasteiger partial charge in [-0.25, -0.2) is 9.59 Å². The van der Waals surface area contributed by atoms with E-state index in [1.54, 1.807) is 24.3 Å². The minimum absolute atomic E-state index is 0.0285. The number of cyclic esters (lactones) is 1. The molecule has 1 fully saturated rings. The van der Waals surface area contributed by atoms with E-state index in [0.717, 1.165) is 25.7 Å². The minimum atomic E-state index is -0.689. The summed E-state index contributed by atoms with van der Waals surface area (Å²) in [5.74, 6) is -0.740. The molecule has 1 saturated carbocycles. The van der Waals surface area contributed by atoms with Crippen molar-refractivity contribution in [3.05, 3.63) is 46.1 Å². The van der Waals surface area contributed by atoms with Gasteiger partial charge in [-0.3, -0.25) is 9.69 Å². The third-order valence-electron chi connectivity index (χ3n) is 5.24. The molecule has 0 aromatic heterocycles. The number of benzene rings is 1. The Bertz CT molecular complexity index is 832. The monoisotopic (exact) mass is 389 g/mol. The van der Waals surface area contributed by atoms with Gasteiger partial charge in [-0.2, -0.15) is 0 Å². The first kappa shape index (κ1) is 17.9. The molecule has 3 amide bonds. The predicted octanol–water partition coefficient (Wildman–Crippen LogP) is 2.28. The second kappa shape index (κ2) is 7.23. The molecule has 0 bridgehead atoms. The summed E-state index contributed by atoms with van der Waals surface area (Å²) in [6, 6.07) is 6.05. The molecule has 1 aromatic rings. The Morgan fingerprint density at radius 2 is 2.00 bits per heavy atom. The highest BCUT2D eigenvalue weighted by molar-refractivity contribution is 6.31. The van der Waals surface area contributed by atoms with Crippen LogP contribution in [0.3, 0.4) is 0 Å². The highest BCUT2D eigenvalue weighted by Gasteiger charge is 2.43. The standard InChI is InChI=1S/C19H20ClN3O4/c20-13-8-4-3-7-12(13)17-16-14(10-27-18(16)25)23(19(26)22-17)9-15(24)21-11-5-1-2-6-11/h3-4,7-8,11,17H,1-2,5-6,9-10H2,(H,21,24)(H,22,26)/t17-/m1/s1. The first-order valence-electron chi connectivity index (χ1n) is 9.06. The van der Waals surface area contributed by atoms with Gasteiger partial charge in [-0.05, 0) is 24.5 Å². The zero-order chi connectivity index (χ0) is 19.0. The van der Waals surface area contributed by atoms with Crippen LogP contribution in [0.4, 0.5) is 4.79 Å². The van der Waals surface area contributed by atoms with E-state index >= 15 is 0 Å². The summed E-state index contributed by atoms with van der Waals surface area (Å²) in [6.45, 7) is -0.174. The van der Waals surface area contributed by atoms with Gasteiger partial charge in [0.1, 0.15) is 13.2 Å². The topological polar surface area (TPSA) is 87.7 Å². The third-order valence-corrected chi connectivity index (χ3v) is 5.58. The molecule has 3 aliphatic rings. The molecule has 4 rings (SSSR count). The van der Waals surface area contributed by atoms with E-state index in [9.17, 15) is 14.4 Å². The van der Waals surface area contributed by atoms with Crippen molar-refractivity contribution in [1.29, 1.82) is 0 Å². The normalized spacial score (nSPS) is 22.6. The number of nitrogens with zero attached hydrogens (tertiary/aromatic N) is 1. The summed E-state index contributed by atoms with van der Waals surface area (Å²) in [5, 5.41) is 6.19. The number of halogens is 1. The number of amides is 3. The van der Waals surface area contributed by atoms with Gasteiger partial charge < -0.3 is 15.4 Å². The lowest BCUT2D eigenvalue weighted by Gasteiger charge is -2.33. The molecule has 1 aliphatic carbocycles. The van der Waals surface area contributed by atoms with E-state index in [-0.39, 0.29) is 25.1 Å².